The molecule has 1 saturated heterocycles. The largest absolute Gasteiger partial charge is 0.464 e. The van der Waals surface area contributed by atoms with Gasteiger partial charge in [-0.3, -0.25) is 19.6 Å². The lowest BCUT2D eigenvalue weighted by Crippen LogP contribution is -2.49. The Morgan fingerprint density at radius 3 is 2.75 bits per heavy atom. The molecule has 20 heavy (non-hydrogen) atoms. The molecule has 2 N–H and O–H groups in total. The first-order valence-corrected chi connectivity index (χ1v) is 6.02. The summed E-state index contributed by atoms with van der Waals surface area (Å²) in [5.74, 6) is -0.304. The number of urea groups is 1. The molecule has 0 spiro atoms. The third-order valence-corrected chi connectivity index (χ3v) is 3.25. The van der Waals surface area contributed by atoms with Gasteiger partial charge >= 0.3 is 12.1 Å². The summed E-state index contributed by atoms with van der Waals surface area (Å²) >= 11 is 0. The Morgan fingerprint density at radius 2 is 2.05 bits per heavy atom. The molecule has 7 nitrogen and oxygen atoms in total. The van der Waals surface area contributed by atoms with Gasteiger partial charge in [-0.2, -0.15) is 0 Å². The molecule has 1 aromatic heterocycles. The van der Waals surface area contributed by atoms with Crippen molar-refractivity contribution in [1.82, 2.24) is 9.88 Å². The molecule has 1 aromatic carbocycles. The number of hydrogen-bond donors (Lipinski definition) is 2. The summed E-state index contributed by atoms with van der Waals surface area (Å²) in [6, 6.07) is 6.29. The molecule has 0 unspecified atom stereocenters. The summed E-state index contributed by atoms with van der Waals surface area (Å²) in [5.41, 5.74) is 1.06. The highest BCUT2D eigenvalue weighted by molar-refractivity contribution is 6.06. The van der Waals surface area contributed by atoms with Crippen LogP contribution in [0.15, 0.2) is 30.5 Å². The minimum Gasteiger partial charge on any atom is -0.464 e. The van der Waals surface area contributed by atoms with E-state index in [1.54, 1.807) is 24.3 Å². The Labute approximate surface area is 113 Å². The van der Waals surface area contributed by atoms with Gasteiger partial charge in [0.2, 0.25) is 5.91 Å². The van der Waals surface area contributed by atoms with Gasteiger partial charge in [0.25, 0.3) is 0 Å². The van der Waals surface area contributed by atoms with Gasteiger partial charge in [0.15, 0.2) is 0 Å². The van der Waals surface area contributed by atoms with Gasteiger partial charge < -0.3 is 5.11 Å². The zero-order valence-electron chi connectivity index (χ0n) is 10.4. The van der Waals surface area contributed by atoms with E-state index in [1.807, 2.05) is 0 Å². The number of fused-ring (bicyclic) bond motifs is 1. The van der Waals surface area contributed by atoms with Crippen molar-refractivity contribution >= 4 is 34.6 Å². The molecule has 1 aliphatic heterocycles. The fourth-order valence-electron chi connectivity index (χ4n) is 2.26. The lowest BCUT2D eigenvalue weighted by atomic mass is 10.2. The number of carboxylic acid groups (broad SMARTS) is 1. The van der Waals surface area contributed by atoms with Gasteiger partial charge in [-0.25, -0.2) is 9.59 Å². The average molecular weight is 273 g/mol. The maximum atomic E-state index is 11.8. The number of imide groups is 1. The van der Waals surface area contributed by atoms with Gasteiger partial charge in [0.05, 0.1) is 5.52 Å². The minimum atomic E-state index is -1.09. The number of hydrogen-bond acceptors (Lipinski definition) is 3. The fraction of sp³-hybridized carbons (Fsp3) is 0.154. The Hall–Kier alpha value is -2.83. The summed E-state index contributed by atoms with van der Waals surface area (Å²) in [6.45, 7) is 0.282. The topological polar surface area (TPSA) is 91.6 Å². The predicted molar refractivity (Wildman–Crippen MR) is 70.9 cm³/mol. The standard InChI is InChI=1S/C13H11N3O4/c17-11-4-6-15(12(18)14-11)9-2-1-8-3-5-16(13(19)20)10(8)7-9/h1-3,5,7H,4,6H2,(H,19,20)(H,14,17,18). The van der Waals surface area contributed by atoms with Crippen molar-refractivity contribution in [3.05, 3.63) is 30.5 Å². The molecule has 0 radical (unpaired) electrons. The molecule has 1 fully saturated rings. The van der Waals surface area contributed by atoms with E-state index < -0.39 is 12.1 Å². The van der Waals surface area contributed by atoms with E-state index in [2.05, 4.69) is 5.32 Å². The molecular weight excluding hydrogens is 262 g/mol. The molecule has 3 amide bonds. The third kappa shape index (κ3) is 1.89. The van der Waals surface area contributed by atoms with Crippen molar-refractivity contribution in [2.24, 2.45) is 0 Å². The SMILES string of the molecule is O=C1CCN(c2ccc3ccn(C(=O)O)c3c2)C(=O)N1. The van der Waals surface area contributed by atoms with Crippen molar-refractivity contribution in [2.75, 3.05) is 11.4 Å². The highest BCUT2D eigenvalue weighted by atomic mass is 16.4. The van der Waals surface area contributed by atoms with Crippen LogP contribution in [-0.4, -0.2) is 34.2 Å². The van der Waals surface area contributed by atoms with E-state index in [1.165, 1.54) is 11.1 Å². The van der Waals surface area contributed by atoms with Crippen LogP contribution in [0.25, 0.3) is 10.9 Å². The lowest BCUT2D eigenvalue weighted by molar-refractivity contribution is -0.120. The van der Waals surface area contributed by atoms with Crippen molar-refractivity contribution in [2.45, 2.75) is 6.42 Å². The maximum absolute atomic E-state index is 11.8. The zero-order valence-corrected chi connectivity index (χ0v) is 10.4. The molecule has 0 aliphatic carbocycles. The number of nitrogens with zero attached hydrogens (tertiary/aromatic N) is 2. The average Bonchev–Trinajstić information content (AvgIpc) is 2.81. The molecule has 0 saturated carbocycles. The molecule has 0 atom stereocenters. The molecule has 3 rings (SSSR count). The van der Waals surface area contributed by atoms with E-state index in [-0.39, 0.29) is 18.9 Å². The van der Waals surface area contributed by atoms with Gasteiger partial charge in [-0.1, -0.05) is 6.07 Å². The Balaban J connectivity index is 2.04. The van der Waals surface area contributed by atoms with Crippen LogP contribution in [0.5, 0.6) is 0 Å². The van der Waals surface area contributed by atoms with Crippen LogP contribution in [0.4, 0.5) is 15.3 Å². The monoisotopic (exact) mass is 273 g/mol. The quantitative estimate of drug-likeness (QED) is 0.825. The number of carbonyl (C=O) groups is 3. The van der Waals surface area contributed by atoms with Gasteiger partial charge in [0, 0.05) is 30.2 Å². The second-order valence-corrected chi connectivity index (χ2v) is 4.47. The van der Waals surface area contributed by atoms with Crippen molar-refractivity contribution in [3.63, 3.8) is 0 Å². The van der Waals surface area contributed by atoms with Crippen LogP contribution in [0.1, 0.15) is 6.42 Å². The lowest BCUT2D eigenvalue weighted by Gasteiger charge is -2.26. The molecular formula is C13H11N3O4. The van der Waals surface area contributed by atoms with E-state index in [0.29, 0.717) is 11.2 Å². The van der Waals surface area contributed by atoms with Crippen LogP contribution in [0.3, 0.4) is 0 Å². The number of benzene rings is 1. The number of anilines is 1. The molecule has 2 heterocycles. The predicted octanol–water partition coefficient (Wildman–Crippen LogP) is 1.61. The normalized spacial score (nSPS) is 15.5. The van der Waals surface area contributed by atoms with Crippen LogP contribution in [0.2, 0.25) is 0 Å². The zero-order chi connectivity index (χ0) is 14.3. The van der Waals surface area contributed by atoms with Crippen molar-refractivity contribution in [1.29, 1.82) is 0 Å². The molecule has 2 aromatic rings. The Kier molecular flexibility index (Phi) is 2.67. The van der Waals surface area contributed by atoms with Crippen LogP contribution >= 0.6 is 0 Å². The Bertz CT molecular complexity index is 734. The first-order chi connectivity index (χ1) is 9.56. The van der Waals surface area contributed by atoms with Gasteiger partial charge in [-0.05, 0) is 18.2 Å². The van der Waals surface area contributed by atoms with Crippen LogP contribution in [-0.2, 0) is 4.79 Å². The highest BCUT2D eigenvalue weighted by Crippen LogP contribution is 2.24. The maximum Gasteiger partial charge on any atom is 0.416 e. The van der Waals surface area contributed by atoms with E-state index in [0.717, 1.165) is 9.95 Å². The number of nitrogens with one attached hydrogen (secondary N) is 1. The first-order valence-electron chi connectivity index (χ1n) is 6.02. The number of aromatic nitrogens is 1. The van der Waals surface area contributed by atoms with Crippen LogP contribution < -0.4 is 10.2 Å². The smallest absolute Gasteiger partial charge is 0.416 e. The van der Waals surface area contributed by atoms with Crippen LogP contribution in [0, 0.1) is 0 Å². The fourth-order valence-corrected chi connectivity index (χ4v) is 2.26. The third-order valence-electron chi connectivity index (χ3n) is 3.25. The molecule has 1 aliphatic rings. The Morgan fingerprint density at radius 1 is 1.25 bits per heavy atom. The molecule has 102 valence electrons. The molecule has 7 heteroatoms. The number of rotatable bonds is 1. The van der Waals surface area contributed by atoms with Crippen molar-refractivity contribution in [3.8, 4) is 0 Å². The second kappa shape index (κ2) is 4.37. The first kappa shape index (κ1) is 12.2. The van der Waals surface area contributed by atoms with Gasteiger partial charge in [-0.15, -0.1) is 0 Å². The molecule has 0 bridgehead atoms. The van der Waals surface area contributed by atoms with E-state index >= 15 is 0 Å². The van der Waals surface area contributed by atoms with Crippen molar-refractivity contribution < 1.29 is 19.5 Å². The summed E-state index contributed by atoms with van der Waals surface area (Å²) in [5, 5.41) is 12.1. The highest BCUT2D eigenvalue weighted by Gasteiger charge is 2.24. The van der Waals surface area contributed by atoms with Gasteiger partial charge in [0.1, 0.15) is 0 Å². The van der Waals surface area contributed by atoms with E-state index in [4.69, 9.17) is 5.11 Å². The summed E-state index contributed by atoms with van der Waals surface area (Å²) in [6.07, 6.45) is 0.593. The minimum absolute atomic E-state index is 0.226. The summed E-state index contributed by atoms with van der Waals surface area (Å²) in [7, 11) is 0. The summed E-state index contributed by atoms with van der Waals surface area (Å²) < 4.78 is 1.09. The van der Waals surface area contributed by atoms with E-state index in [9.17, 15) is 14.4 Å². The number of carbonyl (C=O) groups excluding carboxylic acids is 2. The second-order valence-electron chi connectivity index (χ2n) is 4.47. The number of amides is 3. The summed E-state index contributed by atoms with van der Waals surface area (Å²) in [4.78, 5) is 35.4.